The first-order valence-corrected chi connectivity index (χ1v) is 11.0. The van der Waals surface area contributed by atoms with Gasteiger partial charge in [0.15, 0.2) is 0 Å². The Kier molecular flexibility index (Phi) is 7.24. The summed E-state index contributed by atoms with van der Waals surface area (Å²) in [6.07, 6.45) is 5.95. The molecular formula is C22H33N3O4. The third-order valence-electron chi connectivity index (χ3n) is 6.16. The van der Waals surface area contributed by atoms with Crippen molar-refractivity contribution in [1.82, 2.24) is 10.2 Å². The first-order valence-electron chi connectivity index (χ1n) is 11.0. The molecule has 1 aromatic rings. The van der Waals surface area contributed by atoms with Crippen LogP contribution in [0.2, 0.25) is 0 Å². The van der Waals surface area contributed by atoms with Crippen molar-refractivity contribution >= 4 is 11.7 Å². The molecule has 29 heavy (non-hydrogen) atoms. The number of nitrogens with one attached hydrogen (secondary N) is 2. The Labute approximate surface area is 173 Å². The number of carbonyl (C=O) groups excluding carboxylic acids is 1. The number of likely N-dealkylation sites (tertiary alicyclic amines) is 1. The Morgan fingerprint density at radius 1 is 1.14 bits per heavy atom. The smallest absolute Gasteiger partial charge is 0.319 e. The zero-order chi connectivity index (χ0) is 19.9. The highest BCUT2D eigenvalue weighted by Gasteiger charge is 2.32. The molecule has 2 N–H and O–H groups in total. The van der Waals surface area contributed by atoms with E-state index in [9.17, 15) is 4.79 Å². The minimum Gasteiger partial charge on any atom is -0.491 e. The predicted octanol–water partition coefficient (Wildman–Crippen LogP) is 2.87. The lowest BCUT2D eigenvalue weighted by Gasteiger charge is -2.31. The highest BCUT2D eigenvalue weighted by Crippen LogP contribution is 2.24. The van der Waals surface area contributed by atoms with Crippen LogP contribution in [0.4, 0.5) is 10.5 Å². The molecule has 2 amide bonds. The third-order valence-corrected chi connectivity index (χ3v) is 6.16. The van der Waals surface area contributed by atoms with Crippen LogP contribution < -0.4 is 15.4 Å². The number of ether oxygens (including phenoxy) is 3. The number of benzene rings is 1. The van der Waals surface area contributed by atoms with Gasteiger partial charge in [0.1, 0.15) is 12.4 Å². The van der Waals surface area contributed by atoms with Crippen LogP contribution in [0.5, 0.6) is 5.75 Å². The van der Waals surface area contributed by atoms with Crippen LogP contribution >= 0.6 is 0 Å². The highest BCUT2D eigenvalue weighted by molar-refractivity contribution is 5.89. The summed E-state index contributed by atoms with van der Waals surface area (Å²) in [5.41, 5.74) is 0.758. The van der Waals surface area contributed by atoms with Gasteiger partial charge < -0.3 is 24.8 Å². The summed E-state index contributed by atoms with van der Waals surface area (Å²) in [4.78, 5) is 14.9. The van der Waals surface area contributed by atoms with E-state index in [1.165, 1.54) is 12.8 Å². The van der Waals surface area contributed by atoms with Gasteiger partial charge in [-0.15, -0.1) is 0 Å². The fraction of sp³-hybridized carbons (Fsp3) is 0.682. The molecule has 7 heteroatoms. The number of hydrogen-bond donors (Lipinski definition) is 2. The molecule has 0 bridgehead atoms. The number of rotatable bonds is 8. The summed E-state index contributed by atoms with van der Waals surface area (Å²) in [6, 6.07) is 7.70. The zero-order valence-corrected chi connectivity index (χ0v) is 17.1. The van der Waals surface area contributed by atoms with Gasteiger partial charge in [-0.1, -0.05) is 0 Å². The number of urea groups is 1. The Bertz CT molecular complexity index is 620. The van der Waals surface area contributed by atoms with Crippen molar-refractivity contribution in [1.29, 1.82) is 0 Å². The predicted molar refractivity (Wildman–Crippen MR) is 111 cm³/mol. The van der Waals surface area contributed by atoms with Gasteiger partial charge in [-0.25, -0.2) is 4.79 Å². The van der Waals surface area contributed by atoms with Crippen LogP contribution in [-0.2, 0) is 9.47 Å². The fourth-order valence-corrected chi connectivity index (χ4v) is 4.50. The van der Waals surface area contributed by atoms with Crippen molar-refractivity contribution in [3.05, 3.63) is 24.3 Å². The molecule has 0 saturated carbocycles. The zero-order valence-electron chi connectivity index (χ0n) is 17.1. The number of amides is 2. The van der Waals surface area contributed by atoms with Gasteiger partial charge >= 0.3 is 6.03 Å². The van der Waals surface area contributed by atoms with E-state index in [1.807, 2.05) is 24.3 Å². The molecule has 3 saturated heterocycles. The number of hydrogen-bond acceptors (Lipinski definition) is 5. The molecule has 1 aromatic carbocycles. The maximum Gasteiger partial charge on any atom is 0.319 e. The second-order valence-corrected chi connectivity index (χ2v) is 8.24. The van der Waals surface area contributed by atoms with Gasteiger partial charge in [0.25, 0.3) is 0 Å². The average Bonchev–Trinajstić information content (AvgIpc) is 3.51. The Balaban J connectivity index is 1.22. The first kappa shape index (κ1) is 20.4. The minimum absolute atomic E-state index is 0.166. The lowest BCUT2D eigenvalue weighted by molar-refractivity contribution is 0.0679. The number of anilines is 1. The van der Waals surface area contributed by atoms with Crippen LogP contribution in [-0.4, -0.2) is 69.1 Å². The monoisotopic (exact) mass is 403 g/mol. The molecule has 0 spiro atoms. The molecule has 3 atom stereocenters. The maximum atomic E-state index is 12.4. The van der Waals surface area contributed by atoms with E-state index in [4.69, 9.17) is 14.2 Å². The largest absolute Gasteiger partial charge is 0.491 e. The Hall–Kier alpha value is -1.83. The van der Waals surface area contributed by atoms with Gasteiger partial charge in [-0.2, -0.15) is 0 Å². The van der Waals surface area contributed by atoms with Gasteiger partial charge in [-0.05, 0) is 69.5 Å². The normalized spacial score (nSPS) is 25.8. The summed E-state index contributed by atoms with van der Waals surface area (Å²) in [5, 5.41) is 5.99. The van der Waals surface area contributed by atoms with Gasteiger partial charge in [0.2, 0.25) is 0 Å². The van der Waals surface area contributed by atoms with Crippen molar-refractivity contribution in [3.63, 3.8) is 0 Å². The molecular weight excluding hydrogens is 370 g/mol. The van der Waals surface area contributed by atoms with Gasteiger partial charge in [0.05, 0.1) is 12.7 Å². The molecule has 0 aliphatic carbocycles. The lowest BCUT2D eigenvalue weighted by atomic mass is 9.97. The van der Waals surface area contributed by atoms with Crippen LogP contribution in [0, 0.1) is 5.92 Å². The molecule has 3 heterocycles. The second-order valence-electron chi connectivity index (χ2n) is 8.24. The molecule has 3 fully saturated rings. The van der Waals surface area contributed by atoms with E-state index >= 15 is 0 Å². The van der Waals surface area contributed by atoms with Gasteiger partial charge in [-0.3, -0.25) is 4.90 Å². The second kappa shape index (κ2) is 10.3. The van der Waals surface area contributed by atoms with Crippen molar-refractivity contribution < 1.29 is 19.0 Å². The maximum absolute atomic E-state index is 12.4. The summed E-state index contributed by atoms with van der Waals surface area (Å²) < 4.78 is 16.9. The van der Waals surface area contributed by atoms with E-state index in [1.54, 1.807) is 0 Å². The number of nitrogens with zero attached hydrogens (tertiary/aromatic N) is 1. The Morgan fingerprint density at radius 3 is 2.66 bits per heavy atom. The average molecular weight is 404 g/mol. The van der Waals surface area contributed by atoms with E-state index in [-0.39, 0.29) is 12.1 Å². The third kappa shape index (κ3) is 5.84. The summed E-state index contributed by atoms with van der Waals surface area (Å²) in [7, 11) is 0. The van der Waals surface area contributed by atoms with Crippen molar-refractivity contribution in [2.24, 2.45) is 5.92 Å². The molecule has 0 aromatic heterocycles. The van der Waals surface area contributed by atoms with Crippen molar-refractivity contribution in [2.45, 2.75) is 44.2 Å². The first-order chi connectivity index (χ1) is 14.3. The van der Waals surface area contributed by atoms with Crippen LogP contribution in [0.25, 0.3) is 0 Å². The molecule has 4 rings (SSSR count). The van der Waals surface area contributed by atoms with Crippen molar-refractivity contribution in [3.8, 4) is 5.75 Å². The molecule has 3 aliphatic heterocycles. The summed E-state index contributed by atoms with van der Waals surface area (Å²) >= 11 is 0. The lowest BCUT2D eigenvalue weighted by Crippen LogP contribution is -2.48. The standard InChI is InChI=1S/C22H33N3O4/c26-22(23-14-21(17-9-13-27-15-17)25-10-1-2-11-25)24-18-5-7-19(8-6-18)29-16-20-4-3-12-28-20/h5-8,17,20-21H,1-4,9-16H2,(H2,23,24,26)/t17-,20+,21+/m0/s1. The molecule has 0 unspecified atom stereocenters. The quantitative estimate of drug-likeness (QED) is 0.698. The van der Waals surface area contributed by atoms with Gasteiger partial charge in [0, 0.05) is 37.4 Å². The van der Waals surface area contributed by atoms with Crippen molar-refractivity contribution in [2.75, 3.05) is 51.4 Å². The van der Waals surface area contributed by atoms with Crippen LogP contribution in [0.15, 0.2) is 24.3 Å². The van der Waals surface area contributed by atoms with E-state index in [0.717, 1.165) is 63.6 Å². The van der Waals surface area contributed by atoms with E-state index in [0.29, 0.717) is 25.1 Å². The van der Waals surface area contributed by atoms with Crippen LogP contribution in [0.3, 0.4) is 0 Å². The molecule has 7 nitrogen and oxygen atoms in total. The van der Waals surface area contributed by atoms with E-state index < -0.39 is 0 Å². The number of carbonyl (C=O) groups is 1. The molecule has 3 aliphatic rings. The summed E-state index contributed by atoms with van der Waals surface area (Å²) in [5.74, 6) is 1.30. The Morgan fingerprint density at radius 2 is 1.97 bits per heavy atom. The fourth-order valence-electron chi connectivity index (χ4n) is 4.50. The summed E-state index contributed by atoms with van der Waals surface area (Å²) in [6.45, 7) is 5.95. The molecule has 160 valence electrons. The van der Waals surface area contributed by atoms with Crippen LogP contribution in [0.1, 0.15) is 32.1 Å². The highest BCUT2D eigenvalue weighted by atomic mass is 16.5. The topological polar surface area (TPSA) is 72.1 Å². The molecule has 0 radical (unpaired) electrons. The minimum atomic E-state index is -0.166. The van der Waals surface area contributed by atoms with E-state index in [2.05, 4.69) is 15.5 Å². The SMILES string of the molecule is O=C(NC[C@H]([C@H]1CCOC1)N1CCCC1)Nc1ccc(OC[C@H]2CCCO2)cc1.